The third-order valence-electron chi connectivity index (χ3n) is 5.15. The molecular weight excluding hydrogens is 498 g/mol. The Morgan fingerprint density at radius 3 is 2.38 bits per heavy atom. The number of ether oxygens (including phenoxy) is 2. The smallest absolute Gasteiger partial charge is 0.255 e. The van der Waals surface area contributed by atoms with Gasteiger partial charge in [-0.3, -0.25) is 9.59 Å². The molecule has 0 aliphatic rings. The van der Waals surface area contributed by atoms with Gasteiger partial charge in [0, 0.05) is 16.5 Å². The second-order valence-corrected chi connectivity index (χ2v) is 9.02. The van der Waals surface area contributed by atoms with Crippen LogP contribution in [0.5, 0.6) is 11.5 Å². The van der Waals surface area contributed by atoms with Crippen molar-refractivity contribution in [3.8, 4) is 11.5 Å². The summed E-state index contributed by atoms with van der Waals surface area (Å²) in [5, 5.41) is 3.52. The van der Waals surface area contributed by atoms with Crippen molar-refractivity contribution in [3.63, 3.8) is 0 Å². The van der Waals surface area contributed by atoms with Gasteiger partial charge in [-0.15, -0.1) is 0 Å². The van der Waals surface area contributed by atoms with Crippen LogP contribution >= 0.6 is 15.9 Å². The Morgan fingerprint density at radius 1 is 1.00 bits per heavy atom. The molecule has 1 heterocycles. The van der Waals surface area contributed by atoms with Crippen LogP contribution in [0, 0.1) is 5.92 Å². The molecule has 0 spiro atoms. The summed E-state index contributed by atoms with van der Waals surface area (Å²) in [5.74, 6) is 1.05. The third-order valence-corrected chi connectivity index (χ3v) is 5.77. The molecule has 4 aromatic rings. The Kier molecular flexibility index (Phi) is 7.03. The molecule has 7 heteroatoms. The number of fused-ring (bicyclic) bond motifs is 1. The number of hydrogen-bond donors (Lipinski definition) is 1. The fraction of sp³-hybridized carbons (Fsp3) is 0.185. The Balaban J connectivity index is 1.65. The maximum absolute atomic E-state index is 13.4. The highest BCUT2D eigenvalue weighted by Gasteiger charge is 2.24. The lowest BCUT2D eigenvalue weighted by molar-refractivity contribution is 0.101. The molecule has 1 amide bonds. The van der Waals surface area contributed by atoms with Crippen molar-refractivity contribution in [1.29, 1.82) is 0 Å². The molecule has 0 unspecified atom stereocenters. The first-order valence-electron chi connectivity index (χ1n) is 10.8. The van der Waals surface area contributed by atoms with Crippen LogP contribution in [0.2, 0.25) is 0 Å². The van der Waals surface area contributed by atoms with Crippen molar-refractivity contribution in [1.82, 2.24) is 0 Å². The van der Waals surface area contributed by atoms with E-state index in [-0.39, 0.29) is 17.5 Å². The van der Waals surface area contributed by atoms with E-state index in [1.807, 2.05) is 12.1 Å². The zero-order valence-corrected chi connectivity index (χ0v) is 20.6. The van der Waals surface area contributed by atoms with Crippen molar-refractivity contribution in [2.75, 3.05) is 19.0 Å². The quantitative estimate of drug-likeness (QED) is 0.260. The summed E-state index contributed by atoms with van der Waals surface area (Å²) in [6.07, 6.45) is 0. The van der Waals surface area contributed by atoms with E-state index in [9.17, 15) is 9.59 Å². The molecule has 6 nitrogen and oxygen atoms in total. The summed E-state index contributed by atoms with van der Waals surface area (Å²) in [7, 11) is 1.55. The lowest BCUT2D eigenvalue weighted by atomic mass is 10.1. The number of furan rings is 1. The first-order valence-corrected chi connectivity index (χ1v) is 11.6. The number of nitrogens with one attached hydrogen (secondary N) is 1. The van der Waals surface area contributed by atoms with Crippen LogP contribution in [-0.4, -0.2) is 25.4 Å². The molecule has 4 rings (SSSR count). The maximum atomic E-state index is 13.4. The van der Waals surface area contributed by atoms with E-state index in [0.717, 1.165) is 0 Å². The number of carbonyl (C=O) groups excluding carboxylic acids is 2. The summed E-state index contributed by atoms with van der Waals surface area (Å²) in [6, 6.07) is 19.1. The standard InChI is InChI=1S/C27H24BrNO5/c1-16(2)15-33-19-11-8-17(9-12-19)27(31)29-24-20-6-4-5-7-22(20)34-26(24)25(30)18-10-13-23(32-3)21(28)14-18/h4-14,16H,15H2,1-3H3,(H,29,31). The predicted octanol–water partition coefficient (Wildman–Crippen LogP) is 6.72. The van der Waals surface area contributed by atoms with Gasteiger partial charge in [0.2, 0.25) is 5.78 Å². The van der Waals surface area contributed by atoms with Gasteiger partial charge < -0.3 is 19.2 Å². The first kappa shape index (κ1) is 23.6. The highest BCUT2D eigenvalue weighted by atomic mass is 79.9. The number of hydrogen-bond acceptors (Lipinski definition) is 5. The number of para-hydroxylation sites is 1. The zero-order chi connectivity index (χ0) is 24.2. The summed E-state index contributed by atoms with van der Waals surface area (Å²) < 4.78 is 17.5. The third kappa shape index (κ3) is 4.99. The Bertz CT molecular complexity index is 1340. The average molecular weight is 522 g/mol. The minimum Gasteiger partial charge on any atom is -0.496 e. The minimum atomic E-state index is -0.355. The van der Waals surface area contributed by atoms with E-state index in [0.29, 0.717) is 56.3 Å². The minimum absolute atomic E-state index is 0.0588. The fourth-order valence-electron chi connectivity index (χ4n) is 3.42. The Morgan fingerprint density at radius 2 is 1.71 bits per heavy atom. The van der Waals surface area contributed by atoms with E-state index in [1.54, 1.807) is 61.7 Å². The number of benzene rings is 3. The van der Waals surface area contributed by atoms with Gasteiger partial charge in [0.05, 0.1) is 23.9 Å². The average Bonchev–Trinajstić information content (AvgIpc) is 3.20. The van der Waals surface area contributed by atoms with E-state index < -0.39 is 0 Å². The molecule has 0 saturated carbocycles. The van der Waals surface area contributed by atoms with Crippen LogP contribution < -0.4 is 14.8 Å². The molecular formula is C27H24BrNO5. The number of carbonyl (C=O) groups is 2. The van der Waals surface area contributed by atoms with Gasteiger partial charge in [-0.05, 0) is 76.4 Å². The fourth-order valence-corrected chi connectivity index (χ4v) is 3.96. The maximum Gasteiger partial charge on any atom is 0.255 e. The van der Waals surface area contributed by atoms with Gasteiger partial charge in [-0.1, -0.05) is 26.0 Å². The normalized spacial score (nSPS) is 11.0. The Hall–Kier alpha value is -3.58. The monoisotopic (exact) mass is 521 g/mol. The number of ketones is 1. The molecule has 0 atom stereocenters. The van der Waals surface area contributed by atoms with Gasteiger partial charge in [0.15, 0.2) is 5.76 Å². The summed E-state index contributed by atoms with van der Waals surface area (Å²) >= 11 is 3.41. The van der Waals surface area contributed by atoms with Gasteiger partial charge in [-0.2, -0.15) is 0 Å². The molecule has 0 bridgehead atoms. The van der Waals surface area contributed by atoms with Crippen LogP contribution in [-0.2, 0) is 0 Å². The van der Waals surface area contributed by atoms with Crippen molar-refractivity contribution in [2.24, 2.45) is 5.92 Å². The second kappa shape index (κ2) is 10.1. The van der Waals surface area contributed by atoms with E-state index in [1.165, 1.54) is 0 Å². The van der Waals surface area contributed by atoms with E-state index >= 15 is 0 Å². The van der Waals surface area contributed by atoms with Gasteiger partial charge in [-0.25, -0.2) is 0 Å². The van der Waals surface area contributed by atoms with Crippen molar-refractivity contribution in [3.05, 3.63) is 88.1 Å². The highest BCUT2D eigenvalue weighted by molar-refractivity contribution is 9.10. The van der Waals surface area contributed by atoms with Crippen LogP contribution in [0.25, 0.3) is 11.0 Å². The molecule has 0 aliphatic carbocycles. The van der Waals surface area contributed by atoms with Gasteiger partial charge in [0.1, 0.15) is 17.1 Å². The number of methoxy groups -OCH3 is 1. The SMILES string of the molecule is COc1ccc(C(=O)c2oc3ccccc3c2NC(=O)c2ccc(OCC(C)C)cc2)cc1Br. The number of rotatable bonds is 8. The molecule has 3 aromatic carbocycles. The molecule has 34 heavy (non-hydrogen) atoms. The predicted molar refractivity (Wildman–Crippen MR) is 135 cm³/mol. The van der Waals surface area contributed by atoms with E-state index in [2.05, 4.69) is 35.1 Å². The van der Waals surface area contributed by atoms with Gasteiger partial charge >= 0.3 is 0 Å². The first-order chi connectivity index (χ1) is 16.4. The molecule has 0 radical (unpaired) electrons. The Labute approximate surface area is 206 Å². The summed E-state index contributed by atoms with van der Waals surface area (Å²) in [4.78, 5) is 26.4. The molecule has 0 saturated heterocycles. The lowest BCUT2D eigenvalue weighted by Gasteiger charge is -2.10. The van der Waals surface area contributed by atoms with Crippen LogP contribution in [0.3, 0.4) is 0 Å². The topological polar surface area (TPSA) is 77.8 Å². The lowest BCUT2D eigenvalue weighted by Crippen LogP contribution is -2.14. The molecule has 0 fully saturated rings. The van der Waals surface area contributed by atoms with Crippen molar-refractivity contribution in [2.45, 2.75) is 13.8 Å². The van der Waals surface area contributed by atoms with E-state index in [4.69, 9.17) is 13.9 Å². The second-order valence-electron chi connectivity index (χ2n) is 8.16. The molecule has 174 valence electrons. The summed E-state index contributed by atoms with van der Waals surface area (Å²) in [5.41, 5.74) is 1.67. The zero-order valence-electron chi connectivity index (χ0n) is 19.1. The van der Waals surface area contributed by atoms with Crippen molar-refractivity contribution >= 4 is 44.3 Å². The van der Waals surface area contributed by atoms with Crippen molar-refractivity contribution < 1.29 is 23.5 Å². The number of anilines is 1. The number of amides is 1. The van der Waals surface area contributed by atoms with Crippen LogP contribution in [0.15, 0.2) is 75.6 Å². The number of halogens is 1. The van der Waals surface area contributed by atoms with Crippen LogP contribution in [0.1, 0.15) is 40.3 Å². The molecule has 0 aliphatic heterocycles. The molecule has 1 N–H and O–H groups in total. The molecule has 1 aromatic heterocycles. The highest BCUT2D eigenvalue weighted by Crippen LogP contribution is 2.34. The largest absolute Gasteiger partial charge is 0.496 e. The van der Waals surface area contributed by atoms with Gasteiger partial charge in [0.25, 0.3) is 5.91 Å². The summed E-state index contributed by atoms with van der Waals surface area (Å²) in [6.45, 7) is 4.74. The van der Waals surface area contributed by atoms with Crippen LogP contribution in [0.4, 0.5) is 5.69 Å².